The summed E-state index contributed by atoms with van der Waals surface area (Å²) >= 11 is 1.44. The molecule has 0 aliphatic carbocycles. The Balaban J connectivity index is 2.09. The van der Waals surface area contributed by atoms with Gasteiger partial charge in [0.25, 0.3) is 0 Å². The van der Waals surface area contributed by atoms with Gasteiger partial charge in [0.1, 0.15) is 0 Å². The normalized spacial score (nSPS) is 12.2. The predicted octanol–water partition coefficient (Wildman–Crippen LogP) is 2.15. The van der Waals surface area contributed by atoms with E-state index in [1.54, 1.807) is 6.07 Å². The van der Waals surface area contributed by atoms with Crippen LogP contribution >= 0.6 is 11.3 Å². The van der Waals surface area contributed by atoms with Gasteiger partial charge in [-0.1, -0.05) is 6.07 Å². The van der Waals surface area contributed by atoms with E-state index in [2.05, 4.69) is 4.98 Å². The van der Waals surface area contributed by atoms with Crippen LogP contribution in [0.3, 0.4) is 0 Å². The summed E-state index contributed by atoms with van der Waals surface area (Å²) in [7, 11) is -1.11. The Bertz CT molecular complexity index is 534. The van der Waals surface area contributed by atoms with Crippen LogP contribution in [-0.2, 0) is 16.6 Å². The van der Waals surface area contributed by atoms with Crippen molar-refractivity contribution in [3.63, 3.8) is 0 Å². The summed E-state index contributed by atoms with van der Waals surface area (Å²) in [5, 5.41) is 10.6. The highest BCUT2D eigenvalue weighted by Gasteiger charge is 2.08. The van der Waals surface area contributed by atoms with Gasteiger partial charge in [-0.05, 0) is 23.6 Å². The molecule has 2 aromatic rings. The zero-order chi connectivity index (χ0) is 12.3. The molecule has 0 saturated heterocycles. The first-order valence-electron chi connectivity index (χ1n) is 4.77. The molecule has 2 aromatic heterocycles. The monoisotopic (exact) mass is 267 g/mol. The summed E-state index contributed by atoms with van der Waals surface area (Å²) in [5.74, 6) is -0.705. The number of carboxylic acids is 1. The quantitative estimate of drug-likeness (QED) is 0.921. The maximum atomic E-state index is 11.9. The van der Waals surface area contributed by atoms with Gasteiger partial charge in [-0.2, -0.15) is 0 Å². The van der Waals surface area contributed by atoms with E-state index in [1.807, 2.05) is 17.5 Å². The first-order chi connectivity index (χ1) is 8.16. The molecule has 1 atom stereocenters. The molecule has 0 bridgehead atoms. The van der Waals surface area contributed by atoms with Crippen LogP contribution in [0.15, 0.2) is 40.1 Å². The molecule has 6 heteroatoms. The molecule has 1 N–H and O–H groups in total. The fourth-order valence-electron chi connectivity index (χ4n) is 1.23. The Labute approximate surface area is 104 Å². The van der Waals surface area contributed by atoms with Gasteiger partial charge in [0.05, 0.1) is 32.0 Å². The molecule has 0 aliphatic rings. The van der Waals surface area contributed by atoms with Gasteiger partial charge in [-0.3, -0.25) is 9.19 Å². The molecule has 0 saturated carbocycles. The Kier molecular flexibility index (Phi) is 3.65. The molecule has 0 spiro atoms. The van der Waals surface area contributed by atoms with E-state index in [0.717, 1.165) is 4.21 Å². The lowest BCUT2D eigenvalue weighted by molar-refractivity contribution is 0.0696. The fourth-order valence-corrected chi connectivity index (χ4v) is 3.27. The van der Waals surface area contributed by atoms with Crippen LogP contribution in [0.1, 0.15) is 16.1 Å². The molecule has 0 fully saturated rings. The zero-order valence-corrected chi connectivity index (χ0v) is 10.3. The lowest BCUT2D eigenvalue weighted by Crippen LogP contribution is -2.01. The molecule has 0 aromatic carbocycles. The summed E-state index contributed by atoms with van der Waals surface area (Å²) in [6.07, 6.45) is 1.28. The summed E-state index contributed by atoms with van der Waals surface area (Å²) in [6, 6.07) is 6.72. The molecule has 4 nitrogen and oxygen atoms in total. The van der Waals surface area contributed by atoms with Gasteiger partial charge in [-0.15, -0.1) is 11.3 Å². The van der Waals surface area contributed by atoms with Crippen LogP contribution < -0.4 is 0 Å². The molecule has 2 rings (SSSR count). The van der Waals surface area contributed by atoms with Crippen LogP contribution in [-0.4, -0.2) is 20.3 Å². The van der Waals surface area contributed by atoms with Gasteiger partial charge in [0.15, 0.2) is 0 Å². The Hall–Kier alpha value is -1.53. The van der Waals surface area contributed by atoms with Crippen LogP contribution in [0.5, 0.6) is 0 Å². The molecule has 17 heavy (non-hydrogen) atoms. The standard InChI is InChI=1S/C11H9NO3S2/c13-11(14)8-3-4-9(12-6-8)7-17(15)10-2-1-5-16-10/h1-6H,7H2,(H,13,14). The van der Waals surface area contributed by atoms with E-state index in [0.29, 0.717) is 11.4 Å². The molecule has 0 radical (unpaired) electrons. The summed E-state index contributed by atoms with van der Waals surface area (Å²) in [4.78, 5) is 14.6. The van der Waals surface area contributed by atoms with Crippen molar-refractivity contribution in [2.24, 2.45) is 0 Å². The van der Waals surface area contributed by atoms with Crippen molar-refractivity contribution in [2.75, 3.05) is 0 Å². The molecule has 0 amide bonds. The van der Waals surface area contributed by atoms with Crippen molar-refractivity contribution in [1.82, 2.24) is 4.98 Å². The second-order valence-electron chi connectivity index (χ2n) is 3.27. The van der Waals surface area contributed by atoms with E-state index in [1.165, 1.54) is 23.6 Å². The van der Waals surface area contributed by atoms with Crippen LogP contribution in [0.4, 0.5) is 0 Å². The average Bonchev–Trinajstić information content (AvgIpc) is 2.83. The minimum atomic E-state index is -1.11. The zero-order valence-electron chi connectivity index (χ0n) is 8.70. The molecule has 2 heterocycles. The molecular formula is C11H9NO3S2. The van der Waals surface area contributed by atoms with Gasteiger partial charge >= 0.3 is 5.97 Å². The van der Waals surface area contributed by atoms with Crippen molar-refractivity contribution in [1.29, 1.82) is 0 Å². The number of carboxylic acid groups (broad SMARTS) is 1. The molecule has 88 valence electrons. The first-order valence-corrected chi connectivity index (χ1v) is 6.97. The van der Waals surface area contributed by atoms with E-state index in [4.69, 9.17) is 5.11 Å². The lowest BCUT2D eigenvalue weighted by Gasteiger charge is -2.00. The topological polar surface area (TPSA) is 67.3 Å². The van der Waals surface area contributed by atoms with Crippen molar-refractivity contribution < 1.29 is 14.1 Å². The highest BCUT2D eigenvalue weighted by molar-refractivity contribution is 7.86. The number of pyridine rings is 1. The van der Waals surface area contributed by atoms with Gasteiger partial charge in [0, 0.05) is 6.20 Å². The van der Waals surface area contributed by atoms with Crippen LogP contribution in [0.2, 0.25) is 0 Å². The number of aromatic carboxylic acids is 1. The number of hydrogen-bond donors (Lipinski definition) is 1. The molecule has 0 aliphatic heterocycles. The van der Waals surface area contributed by atoms with Gasteiger partial charge in [-0.25, -0.2) is 4.79 Å². The van der Waals surface area contributed by atoms with Crippen LogP contribution in [0.25, 0.3) is 0 Å². The van der Waals surface area contributed by atoms with E-state index >= 15 is 0 Å². The van der Waals surface area contributed by atoms with Gasteiger partial charge < -0.3 is 5.11 Å². The van der Waals surface area contributed by atoms with Crippen molar-refractivity contribution in [3.8, 4) is 0 Å². The number of thiophene rings is 1. The summed E-state index contributed by atoms with van der Waals surface area (Å²) in [6.45, 7) is 0. The first kappa shape index (κ1) is 11.9. The minimum absolute atomic E-state index is 0.135. The lowest BCUT2D eigenvalue weighted by atomic mass is 10.2. The van der Waals surface area contributed by atoms with Crippen molar-refractivity contribution in [3.05, 3.63) is 47.1 Å². The maximum Gasteiger partial charge on any atom is 0.337 e. The number of aromatic nitrogens is 1. The molecular weight excluding hydrogens is 258 g/mol. The highest BCUT2D eigenvalue weighted by Crippen LogP contribution is 2.16. The summed E-state index contributed by atoms with van der Waals surface area (Å²) in [5.41, 5.74) is 0.761. The highest BCUT2D eigenvalue weighted by atomic mass is 32.2. The van der Waals surface area contributed by atoms with Gasteiger partial charge in [0.2, 0.25) is 0 Å². The van der Waals surface area contributed by atoms with Crippen LogP contribution in [0, 0.1) is 0 Å². The Morgan fingerprint density at radius 2 is 2.24 bits per heavy atom. The summed E-state index contributed by atoms with van der Waals surface area (Å²) < 4.78 is 12.7. The third-order valence-corrected chi connectivity index (χ3v) is 4.72. The Morgan fingerprint density at radius 1 is 1.41 bits per heavy atom. The number of hydrogen-bond acceptors (Lipinski definition) is 4. The van der Waals surface area contributed by atoms with Crippen molar-refractivity contribution >= 4 is 28.1 Å². The van der Waals surface area contributed by atoms with E-state index < -0.39 is 16.8 Å². The third-order valence-electron chi connectivity index (χ3n) is 2.07. The maximum absolute atomic E-state index is 11.9. The third kappa shape index (κ3) is 2.98. The smallest absolute Gasteiger partial charge is 0.337 e. The van der Waals surface area contributed by atoms with E-state index in [-0.39, 0.29) is 5.56 Å². The second kappa shape index (κ2) is 5.20. The number of nitrogens with zero attached hydrogens (tertiary/aromatic N) is 1. The number of carbonyl (C=O) groups is 1. The minimum Gasteiger partial charge on any atom is -0.478 e. The SMILES string of the molecule is O=C(O)c1ccc(CS(=O)c2cccs2)nc1. The van der Waals surface area contributed by atoms with E-state index in [9.17, 15) is 9.00 Å². The predicted molar refractivity (Wildman–Crippen MR) is 65.6 cm³/mol. The largest absolute Gasteiger partial charge is 0.478 e. The Morgan fingerprint density at radius 3 is 2.76 bits per heavy atom. The number of rotatable bonds is 4. The average molecular weight is 267 g/mol. The molecule has 1 unspecified atom stereocenters. The van der Waals surface area contributed by atoms with Crippen molar-refractivity contribution in [2.45, 2.75) is 9.96 Å². The fraction of sp³-hybridized carbons (Fsp3) is 0.0909. The second-order valence-corrected chi connectivity index (χ2v) is 5.89.